The van der Waals surface area contributed by atoms with Crippen molar-refractivity contribution in [3.8, 4) is 5.69 Å². The number of pyridine rings is 1. The van der Waals surface area contributed by atoms with E-state index in [0.29, 0.717) is 5.82 Å². The number of aromatic nitrogens is 2. The van der Waals surface area contributed by atoms with Gasteiger partial charge in [-0.05, 0) is 36.4 Å². The molecule has 84 valence electrons. The summed E-state index contributed by atoms with van der Waals surface area (Å²) in [6.45, 7) is 0. The van der Waals surface area contributed by atoms with E-state index < -0.39 is 0 Å². The summed E-state index contributed by atoms with van der Waals surface area (Å²) in [5.74, 6) is 0.552. The number of nitrogens with two attached hydrogens (primary N) is 2. The zero-order valence-corrected chi connectivity index (χ0v) is 9.17. The van der Waals surface area contributed by atoms with Crippen molar-refractivity contribution in [2.24, 2.45) is 0 Å². The van der Waals surface area contributed by atoms with Gasteiger partial charge in [-0.1, -0.05) is 0 Å². The molecule has 1 aromatic carbocycles. The van der Waals surface area contributed by atoms with E-state index >= 15 is 0 Å². The van der Waals surface area contributed by atoms with Crippen molar-refractivity contribution in [1.82, 2.24) is 9.55 Å². The van der Waals surface area contributed by atoms with Crippen molar-refractivity contribution < 1.29 is 0 Å². The summed E-state index contributed by atoms with van der Waals surface area (Å²) in [6.07, 6.45) is 3.69. The van der Waals surface area contributed by atoms with E-state index in [4.69, 9.17) is 11.5 Å². The fourth-order valence-electron chi connectivity index (χ4n) is 1.95. The fourth-order valence-corrected chi connectivity index (χ4v) is 1.95. The summed E-state index contributed by atoms with van der Waals surface area (Å²) < 4.78 is 2.06. The molecular weight excluding hydrogens is 212 g/mol. The fraction of sp³-hybridized carbons (Fsp3) is 0. The van der Waals surface area contributed by atoms with Gasteiger partial charge in [0.2, 0.25) is 0 Å². The molecule has 0 atom stereocenters. The zero-order valence-electron chi connectivity index (χ0n) is 9.17. The molecule has 0 amide bonds. The van der Waals surface area contributed by atoms with Crippen LogP contribution in [0, 0.1) is 0 Å². The summed E-state index contributed by atoms with van der Waals surface area (Å²) in [7, 11) is 0. The average molecular weight is 224 g/mol. The van der Waals surface area contributed by atoms with Crippen LogP contribution in [-0.2, 0) is 0 Å². The molecule has 0 aliphatic carbocycles. The van der Waals surface area contributed by atoms with Gasteiger partial charge in [0.1, 0.15) is 5.82 Å². The number of benzene rings is 1. The van der Waals surface area contributed by atoms with Crippen molar-refractivity contribution in [3.05, 3.63) is 48.8 Å². The van der Waals surface area contributed by atoms with Gasteiger partial charge in [0.15, 0.2) is 0 Å². The highest BCUT2D eigenvalue weighted by atomic mass is 15.0. The molecular formula is C13H12N4. The van der Waals surface area contributed by atoms with Crippen LogP contribution >= 0.6 is 0 Å². The van der Waals surface area contributed by atoms with Crippen molar-refractivity contribution in [1.29, 1.82) is 0 Å². The van der Waals surface area contributed by atoms with Crippen LogP contribution in [0.25, 0.3) is 16.6 Å². The number of anilines is 2. The summed E-state index contributed by atoms with van der Waals surface area (Å²) in [4.78, 5) is 4.07. The molecule has 4 N–H and O–H groups in total. The Morgan fingerprint density at radius 2 is 1.71 bits per heavy atom. The minimum Gasteiger partial charge on any atom is -0.399 e. The first-order valence-electron chi connectivity index (χ1n) is 5.33. The second kappa shape index (κ2) is 3.52. The smallest absolute Gasteiger partial charge is 0.132 e. The minimum absolute atomic E-state index is 0.552. The van der Waals surface area contributed by atoms with Crippen molar-refractivity contribution in [2.45, 2.75) is 0 Å². The molecule has 2 heterocycles. The quantitative estimate of drug-likeness (QED) is 0.622. The van der Waals surface area contributed by atoms with Gasteiger partial charge in [0, 0.05) is 29.2 Å². The Balaban J connectivity index is 2.24. The van der Waals surface area contributed by atoms with Crippen molar-refractivity contribution >= 4 is 22.4 Å². The maximum atomic E-state index is 5.83. The Labute approximate surface area is 98.5 Å². The number of fused-ring (bicyclic) bond motifs is 1. The third-order valence-electron chi connectivity index (χ3n) is 2.82. The molecule has 0 aliphatic heterocycles. The lowest BCUT2D eigenvalue weighted by atomic mass is 10.2. The van der Waals surface area contributed by atoms with Crippen molar-refractivity contribution in [2.75, 3.05) is 11.5 Å². The standard InChI is InChI=1S/C13H12N4/c14-9-1-3-10(4-2-9)17-8-6-11-12(17)5-7-16-13(11)15/h1-8H,14H2,(H2,15,16). The molecule has 17 heavy (non-hydrogen) atoms. The molecule has 3 aromatic rings. The maximum absolute atomic E-state index is 5.83. The summed E-state index contributed by atoms with van der Waals surface area (Å²) in [5, 5.41) is 0.962. The molecule has 4 heteroatoms. The van der Waals surface area contributed by atoms with Crippen molar-refractivity contribution in [3.63, 3.8) is 0 Å². The second-order valence-corrected chi connectivity index (χ2v) is 3.91. The van der Waals surface area contributed by atoms with E-state index in [0.717, 1.165) is 22.3 Å². The number of hydrogen-bond acceptors (Lipinski definition) is 3. The molecule has 2 aromatic heterocycles. The highest BCUT2D eigenvalue weighted by Crippen LogP contribution is 2.23. The summed E-state index contributed by atoms with van der Waals surface area (Å²) in [6, 6.07) is 11.6. The molecule has 0 fully saturated rings. The lowest BCUT2D eigenvalue weighted by molar-refractivity contribution is 1.13. The van der Waals surface area contributed by atoms with E-state index in [1.165, 1.54) is 0 Å². The molecule has 0 bridgehead atoms. The SMILES string of the molecule is Nc1ccc(-n2ccc3c(N)nccc32)cc1. The minimum atomic E-state index is 0.552. The third-order valence-corrected chi connectivity index (χ3v) is 2.82. The highest BCUT2D eigenvalue weighted by molar-refractivity contribution is 5.90. The largest absolute Gasteiger partial charge is 0.399 e. The van der Waals surface area contributed by atoms with E-state index in [1.54, 1.807) is 6.20 Å². The number of rotatable bonds is 1. The topological polar surface area (TPSA) is 69.9 Å². The zero-order chi connectivity index (χ0) is 11.8. The third kappa shape index (κ3) is 1.50. The Morgan fingerprint density at radius 1 is 0.941 bits per heavy atom. The number of nitrogens with zero attached hydrogens (tertiary/aromatic N) is 2. The summed E-state index contributed by atoms with van der Waals surface area (Å²) >= 11 is 0. The predicted molar refractivity (Wildman–Crippen MR) is 69.9 cm³/mol. The van der Waals surface area contributed by atoms with Crippen LogP contribution in [0.5, 0.6) is 0 Å². The highest BCUT2D eigenvalue weighted by Gasteiger charge is 2.05. The van der Waals surface area contributed by atoms with E-state index in [2.05, 4.69) is 9.55 Å². The molecule has 0 saturated carbocycles. The maximum Gasteiger partial charge on any atom is 0.132 e. The van der Waals surface area contributed by atoms with Crippen LogP contribution in [-0.4, -0.2) is 9.55 Å². The number of hydrogen-bond donors (Lipinski definition) is 2. The van der Waals surface area contributed by atoms with Gasteiger partial charge in [-0.3, -0.25) is 0 Å². The van der Waals surface area contributed by atoms with Crippen LogP contribution in [0.1, 0.15) is 0 Å². The first-order valence-corrected chi connectivity index (χ1v) is 5.33. The number of nitrogen functional groups attached to an aromatic ring is 2. The van der Waals surface area contributed by atoms with Crippen LogP contribution < -0.4 is 11.5 Å². The van der Waals surface area contributed by atoms with Gasteiger partial charge in [0.25, 0.3) is 0 Å². The van der Waals surface area contributed by atoms with Crippen LogP contribution in [0.3, 0.4) is 0 Å². The lowest BCUT2D eigenvalue weighted by Crippen LogP contribution is -1.94. The van der Waals surface area contributed by atoms with Crippen LogP contribution in [0.15, 0.2) is 48.8 Å². The van der Waals surface area contributed by atoms with Gasteiger partial charge in [-0.25, -0.2) is 4.98 Å². The molecule has 0 saturated heterocycles. The van der Waals surface area contributed by atoms with Gasteiger partial charge < -0.3 is 16.0 Å². The molecule has 0 aliphatic rings. The van der Waals surface area contributed by atoms with Crippen LogP contribution in [0.2, 0.25) is 0 Å². The molecule has 3 rings (SSSR count). The predicted octanol–water partition coefficient (Wildman–Crippen LogP) is 2.19. The first kappa shape index (κ1) is 9.72. The van der Waals surface area contributed by atoms with E-state index in [1.807, 2.05) is 42.6 Å². The Bertz CT molecular complexity index is 667. The van der Waals surface area contributed by atoms with E-state index in [9.17, 15) is 0 Å². The Hall–Kier alpha value is -2.49. The average Bonchev–Trinajstić information content (AvgIpc) is 2.75. The normalized spacial score (nSPS) is 10.8. The van der Waals surface area contributed by atoms with E-state index in [-0.39, 0.29) is 0 Å². The van der Waals surface area contributed by atoms with Gasteiger partial charge in [-0.15, -0.1) is 0 Å². The van der Waals surface area contributed by atoms with Gasteiger partial charge in [0.05, 0.1) is 5.52 Å². The Morgan fingerprint density at radius 3 is 2.47 bits per heavy atom. The van der Waals surface area contributed by atoms with Gasteiger partial charge in [-0.2, -0.15) is 0 Å². The molecule has 4 nitrogen and oxygen atoms in total. The lowest BCUT2D eigenvalue weighted by Gasteiger charge is -2.05. The molecule has 0 unspecified atom stereocenters. The first-order chi connectivity index (χ1) is 8.25. The monoisotopic (exact) mass is 224 g/mol. The van der Waals surface area contributed by atoms with Crippen LogP contribution in [0.4, 0.5) is 11.5 Å². The molecule has 0 spiro atoms. The summed E-state index contributed by atoms with van der Waals surface area (Å²) in [5.41, 5.74) is 14.4. The Kier molecular flexibility index (Phi) is 2.01. The van der Waals surface area contributed by atoms with Gasteiger partial charge >= 0.3 is 0 Å². The molecule has 0 radical (unpaired) electrons. The second-order valence-electron chi connectivity index (χ2n) is 3.91.